The zero-order chi connectivity index (χ0) is 27.9. The third-order valence-electron chi connectivity index (χ3n) is 6.51. The second-order valence-corrected chi connectivity index (χ2v) is 8.90. The van der Waals surface area contributed by atoms with Crippen LogP contribution in [0, 0.1) is 0 Å². The summed E-state index contributed by atoms with van der Waals surface area (Å²) in [5, 5.41) is 32.2. The lowest BCUT2D eigenvalue weighted by atomic mass is 9.89. The second-order valence-electron chi connectivity index (χ2n) is 8.90. The molecule has 0 bridgehead atoms. The van der Waals surface area contributed by atoms with Crippen LogP contribution < -0.4 is 18.9 Å². The Kier molecular flexibility index (Phi) is 9.26. The monoisotopic (exact) mass is 540 g/mol. The van der Waals surface area contributed by atoms with Crippen LogP contribution in [0.3, 0.4) is 0 Å². The number of carbonyl (C=O) groups excluding carboxylic acids is 1. The molecule has 10 heteroatoms. The smallest absolute Gasteiger partial charge is 0.338 e. The molecular formula is C29H32O10. The predicted molar refractivity (Wildman–Crippen MR) is 139 cm³/mol. The molecule has 4 rings (SSSR count). The number of carbonyl (C=O) groups is 1. The standard InChI is InChI=1S/C29H32O10/c1-34-19-9-11-21(18(13-19)15-38-29(33)17-7-5-4-6-8-17)28-27(32)26(31)25(30)24(39-28)16-37-20-10-12-22(35-2)23(14-20)36-3/h4-14,24-28,30-32H,15-16H2,1-3H3. The molecule has 5 atom stereocenters. The molecule has 1 fully saturated rings. The molecule has 0 aromatic heterocycles. The number of esters is 1. The van der Waals surface area contributed by atoms with Gasteiger partial charge in [0.05, 0.1) is 26.9 Å². The van der Waals surface area contributed by atoms with Crippen molar-refractivity contribution >= 4 is 5.97 Å². The van der Waals surface area contributed by atoms with Crippen LogP contribution in [0.4, 0.5) is 0 Å². The molecule has 3 N–H and O–H groups in total. The third kappa shape index (κ3) is 6.43. The molecule has 1 aliphatic heterocycles. The molecule has 39 heavy (non-hydrogen) atoms. The minimum atomic E-state index is -1.52. The molecule has 3 aromatic rings. The van der Waals surface area contributed by atoms with E-state index in [0.717, 1.165) is 0 Å². The number of aliphatic hydroxyl groups is 3. The number of methoxy groups -OCH3 is 3. The summed E-state index contributed by atoms with van der Waals surface area (Å²) in [6.45, 7) is -0.274. The molecule has 10 nitrogen and oxygen atoms in total. The van der Waals surface area contributed by atoms with Gasteiger partial charge in [-0.15, -0.1) is 0 Å². The van der Waals surface area contributed by atoms with Gasteiger partial charge >= 0.3 is 5.97 Å². The fourth-order valence-electron chi connectivity index (χ4n) is 4.34. The molecule has 0 amide bonds. The maximum absolute atomic E-state index is 12.5. The number of ether oxygens (including phenoxy) is 6. The van der Waals surface area contributed by atoms with E-state index in [1.54, 1.807) is 66.7 Å². The molecule has 0 spiro atoms. The van der Waals surface area contributed by atoms with Crippen molar-refractivity contribution < 1.29 is 48.5 Å². The van der Waals surface area contributed by atoms with Crippen LogP contribution in [0.2, 0.25) is 0 Å². The lowest BCUT2D eigenvalue weighted by Gasteiger charge is -2.41. The van der Waals surface area contributed by atoms with Crippen LogP contribution >= 0.6 is 0 Å². The van der Waals surface area contributed by atoms with Crippen LogP contribution in [0.15, 0.2) is 66.7 Å². The first-order valence-corrected chi connectivity index (χ1v) is 12.3. The van der Waals surface area contributed by atoms with Crippen molar-refractivity contribution in [2.75, 3.05) is 27.9 Å². The number of aliphatic hydroxyl groups excluding tert-OH is 3. The minimum absolute atomic E-state index is 0.134. The van der Waals surface area contributed by atoms with Crippen molar-refractivity contribution in [2.45, 2.75) is 37.1 Å². The van der Waals surface area contributed by atoms with Gasteiger partial charge in [-0.2, -0.15) is 0 Å². The molecule has 1 heterocycles. The van der Waals surface area contributed by atoms with E-state index >= 15 is 0 Å². The maximum atomic E-state index is 12.5. The van der Waals surface area contributed by atoms with Crippen molar-refractivity contribution in [3.8, 4) is 23.0 Å². The zero-order valence-electron chi connectivity index (χ0n) is 21.9. The minimum Gasteiger partial charge on any atom is -0.497 e. The van der Waals surface area contributed by atoms with Gasteiger partial charge in [0, 0.05) is 6.07 Å². The van der Waals surface area contributed by atoms with E-state index < -0.39 is 36.5 Å². The van der Waals surface area contributed by atoms with E-state index in [-0.39, 0.29) is 13.2 Å². The van der Waals surface area contributed by atoms with E-state index in [1.165, 1.54) is 21.3 Å². The Hall–Kier alpha value is -3.83. The Morgan fingerprint density at radius 3 is 2.21 bits per heavy atom. The Morgan fingerprint density at radius 2 is 1.51 bits per heavy atom. The van der Waals surface area contributed by atoms with Gasteiger partial charge < -0.3 is 43.7 Å². The number of hydrogen-bond acceptors (Lipinski definition) is 10. The molecule has 0 saturated carbocycles. The largest absolute Gasteiger partial charge is 0.497 e. The van der Waals surface area contributed by atoms with Crippen LogP contribution in [-0.2, 0) is 16.1 Å². The van der Waals surface area contributed by atoms with E-state index in [4.69, 9.17) is 28.4 Å². The molecule has 0 radical (unpaired) electrons. The van der Waals surface area contributed by atoms with Crippen LogP contribution in [0.5, 0.6) is 23.0 Å². The van der Waals surface area contributed by atoms with Crippen molar-refractivity contribution in [3.05, 3.63) is 83.4 Å². The van der Waals surface area contributed by atoms with Crippen LogP contribution in [0.25, 0.3) is 0 Å². The van der Waals surface area contributed by atoms with Gasteiger partial charge in [-0.05, 0) is 47.5 Å². The number of hydrogen-bond donors (Lipinski definition) is 3. The van der Waals surface area contributed by atoms with Gasteiger partial charge in [-0.25, -0.2) is 4.79 Å². The van der Waals surface area contributed by atoms with Crippen molar-refractivity contribution in [2.24, 2.45) is 0 Å². The van der Waals surface area contributed by atoms with Crippen LogP contribution in [-0.4, -0.2) is 73.6 Å². The number of benzene rings is 3. The summed E-state index contributed by atoms with van der Waals surface area (Å²) in [5.41, 5.74) is 1.36. The highest BCUT2D eigenvalue weighted by Gasteiger charge is 2.45. The lowest BCUT2D eigenvalue weighted by molar-refractivity contribution is -0.230. The SMILES string of the molecule is COc1ccc(C2OC(COc3ccc(OC)c(OC)c3)C(O)C(O)C2O)c(COC(=O)c2ccccc2)c1. The van der Waals surface area contributed by atoms with Gasteiger partial charge in [0.15, 0.2) is 11.5 Å². The zero-order valence-corrected chi connectivity index (χ0v) is 21.9. The Morgan fingerprint density at radius 1 is 0.795 bits per heavy atom. The van der Waals surface area contributed by atoms with Crippen molar-refractivity contribution in [1.82, 2.24) is 0 Å². The number of rotatable bonds is 10. The quantitative estimate of drug-likeness (QED) is 0.330. The highest BCUT2D eigenvalue weighted by molar-refractivity contribution is 5.89. The summed E-state index contributed by atoms with van der Waals surface area (Å²) >= 11 is 0. The first kappa shape index (κ1) is 28.2. The van der Waals surface area contributed by atoms with E-state index in [1.807, 2.05) is 0 Å². The average molecular weight is 541 g/mol. The van der Waals surface area contributed by atoms with Crippen LogP contribution in [0.1, 0.15) is 27.6 Å². The topological polar surface area (TPSA) is 133 Å². The van der Waals surface area contributed by atoms with Crippen molar-refractivity contribution in [1.29, 1.82) is 0 Å². The third-order valence-corrected chi connectivity index (χ3v) is 6.51. The Bertz CT molecular complexity index is 1250. The summed E-state index contributed by atoms with van der Waals surface area (Å²) in [7, 11) is 4.53. The van der Waals surface area contributed by atoms with Crippen molar-refractivity contribution in [3.63, 3.8) is 0 Å². The highest BCUT2D eigenvalue weighted by Crippen LogP contribution is 2.37. The fraction of sp³-hybridized carbons (Fsp3) is 0.345. The lowest BCUT2D eigenvalue weighted by Crippen LogP contribution is -2.55. The Labute approximate surface area is 226 Å². The summed E-state index contributed by atoms with van der Waals surface area (Å²) in [4.78, 5) is 12.5. The van der Waals surface area contributed by atoms with Gasteiger partial charge in [0.1, 0.15) is 55.2 Å². The summed E-state index contributed by atoms with van der Waals surface area (Å²) < 4.78 is 33.3. The van der Waals surface area contributed by atoms with Gasteiger partial charge in [0.25, 0.3) is 0 Å². The molecule has 0 aliphatic carbocycles. The molecule has 5 unspecified atom stereocenters. The molecule has 1 aliphatic rings. The predicted octanol–water partition coefficient (Wildman–Crippen LogP) is 2.67. The van der Waals surface area contributed by atoms with E-state index in [9.17, 15) is 20.1 Å². The molecular weight excluding hydrogens is 508 g/mol. The summed E-state index contributed by atoms with van der Waals surface area (Å²) in [6, 6.07) is 18.5. The van der Waals surface area contributed by atoms with E-state index in [2.05, 4.69) is 0 Å². The van der Waals surface area contributed by atoms with Gasteiger partial charge in [0.2, 0.25) is 0 Å². The molecule has 3 aromatic carbocycles. The highest BCUT2D eigenvalue weighted by atomic mass is 16.6. The first-order valence-electron chi connectivity index (χ1n) is 12.3. The molecule has 208 valence electrons. The van der Waals surface area contributed by atoms with Gasteiger partial charge in [-0.1, -0.05) is 24.3 Å². The molecule has 1 saturated heterocycles. The van der Waals surface area contributed by atoms with Gasteiger partial charge in [-0.3, -0.25) is 0 Å². The Balaban J connectivity index is 1.53. The normalized spacial score (nSPS) is 22.6. The fourth-order valence-corrected chi connectivity index (χ4v) is 4.34. The van der Waals surface area contributed by atoms with E-state index in [0.29, 0.717) is 39.7 Å². The first-order chi connectivity index (χ1) is 18.9. The average Bonchev–Trinajstić information content (AvgIpc) is 2.98. The maximum Gasteiger partial charge on any atom is 0.338 e. The summed E-state index contributed by atoms with van der Waals surface area (Å²) in [5.74, 6) is 1.40. The summed E-state index contributed by atoms with van der Waals surface area (Å²) in [6.07, 6.45) is -6.46. The second kappa shape index (κ2) is 12.8.